The largest absolute Gasteiger partial charge is 0.472 e. The topological polar surface area (TPSA) is 33.4 Å². The van der Waals surface area contributed by atoms with E-state index in [1.165, 1.54) is 44.1 Å². The highest BCUT2D eigenvalue weighted by Gasteiger charge is 2.49. The fourth-order valence-corrected chi connectivity index (χ4v) is 5.80. The summed E-state index contributed by atoms with van der Waals surface area (Å²) in [5.41, 5.74) is 4.30. The first-order valence-electron chi connectivity index (χ1n) is 10.8. The van der Waals surface area contributed by atoms with Crippen LogP contribution in [0.5, 0.6) is 0 Å². The van der Waals surface area contributed by atoms with Crippen LogP contribution in [0, 0.1) is 22.7 Å². The van der Waals surface area contributed by atoms with Gasteiger partial charge in [0, 0.05) is 5.56 Å². The molecule has 2 aliphatic rings. The van der Waals surface area contributed by atoms with Crippen LogP contribution in [-0.4, -0.2) is 5.11 Å². The summed E-state index contributed by atoms with van der Waals surface area (Å²) in [5, 5.41) is 10.9. The normalized spacial score (nSPS) is 34.6. The molecule has 2 nitrogen and oxygen atoms in total. The third-order valence-corrected chi connectivity index (χ3v) is 7.83. The molecule has 1 N–H and O–H groups in total. The average molecular weight is 371 g/mol. The van der Waals surface area contributed by atoms with Gasteiger partial charge in [-0.3, -0.25) is 0 Å². The molecule has 1 heterocycles. The van der Waals surface area contributed by atoms with Crippen LogP contribution < -0.4 is 0 Å². The van der Waals surface area contributed by atoms with Gasteiger partial charge in [0.15, 0.2) is 0 Å². The molecule has 0 amide bonds. The van der Waals surface area contributed by atoms with Crippen molar-refractivity contribution in [1.29, 1.82) is 0 Å². The third-order valence-electron chi connectivity index (χ3n) is 7.83. The summed E-state index contributed by atoms with van der Waals surface area (Å²) in [7, 11) is 0. The Morgan fingerprint density at radius 3 is 2.81 bits per heavy atom. The van der Waals surface area contributed by atoms with Gasteiger partial charge >= 0.3 is 0 Å². The maximum Gasteiger partial charge on any atom is 0.0960 e. The van der Waals surface area contributed by atoms with Crippen molar-refractivity contribution in [3.8, 4) is 0 Å². The molecule has 0 unspecified atom stereocenters. The molecule has 1 fully saturated rings. The van der Waals surface area contributed by atoms with E-state index in [1.807, 2.05) is 6.07 Å². The Kier molecular flexibility index (Phi) is 6.05. The molecule has 1 saturated carbocycles. The smallest absolute Gasteiger partial charge is 0.0960 e. The van der Waals surface area contributed by atoms with Crippen LogP contribution in [0.25, 0.3) is 0 Å². The molecule has 150 valence electrons. The Morgan fingerprint density at radius 2 is 2.15 bits per heavy atom. The molecule has 0 saturated heterocycles. The Hall–Kier alpha value is -1.28. The van der Waals surface area contributed by atoms with Crippen LogP contribution in [0.15, 0.2) is 46.8 Å². The lowest BCUT2D eigenvalue weighted by Gasteiger charge is -2.54. The molecule has 5 atom stereocenters. The minimum Gasteiger partial charge on any atom is -0.472 e. The van der Waals surface area contributed by atoms with Gasteiger partial charge in [-0.15, -0.1) is 6.58 Å². The van der Waals surface area contributed by atoms with E-state index in [1.54, 1.807) is 18.1 Å². The number of aliphatic hydroxyl groups excluding tert-OH is 1. The molecular weight excluding hydrogens is 332 g/mol. The number of fused-ring (bicyclic) bond motifs is 1. The van der Waals surface area contributed by atoms with Gasteiger partial charge in [0.2, 0.25) is 0 Å². The van der Waals surface area contributed by atoms with Gasteiger partial charge in [0.05, 0.1) is 18.6 Å². The van der Waals surface area contributed by atoms with Gasteiger partial charge in [0.1, 0.15) is 0 Å². The zero-order valence-electron chi connectivity index (χ0n) is 17.8. The van der Waals surface area contributed by atoms with Crippen LogP contribution in [-0.2, 0) is 0 Å². The van der Waals surface area contributed by atoms with Gasteiger partial charge in [-0.05, 0) is 87.0 Å². The Morgan fingerprint density at radius 1 is 1.37 bits per heavy atom. The van der Waals surface area contributed by atoms with Crippen LogP contribution >= 0.6 is 0 Å². The zero-order valence-corrected chi connectivity index (χ0v) is 17.8. The first kappa shape index (κ1) is 20.5. The van der Waals surface area contributed by atoms with Crippen LogP contribution in [0.1, 0.15) is 90.7 Å². The lowest BCUT2D eigenvalue weighted by Crippen LogP contribution is -2.44. The second kappa shape index (κ2) is 7.99. The summed E-state index contributed by atoms with van der Waals surface area (Å²) in [6.07, 6.45) is 14.9. The zero-order chi connectivity index (χ0) is 19.7. The van der Waals surface area contributed by atoms with Crippen LogP contribution in [0.4, 0.5) is 0 Å². The number of allylic oxidation sites excluding steroid dienone is 3. The summed E-state index contributed by atoms with van der Waals surface area (Å²) >= 11 is 0. The quantitative estimate of drug-likeness (QED) is 0.514. The van der Waals surface area contributed by atoms with E-state index in [-0.39, 0.29) is 5.41 Å². The standard InChI is InChI=1S/C25H38O2/c1-18(2)8-6-13-24(4)14-7-9-22-21(24)11-10-19(3)25(22,5)16-23(26)20-12-15-27-17-20/h9,12,15,17,19,21,23,26H,1,6-8,10-11,13-14,16H2,2-5H3/t19-,21-,23+,24-,25-/m1/s1. The van der Waals surface area contributed by atoms with Crippen molar-refractivity contribution in [1.82, 2.24) is 0 Å². The molecular formula is C25H38O2. The Labute approximate surface area is 165 Å². The van der Waals surface area contributed by atoms with Gasteiger partial charge in [0.25, 0.3) is 0 Å². The molecule has 0 aromatic carbocycles. The lowest BCUT2D eigenvalue weighted by molar-refractivity contribution is 0.0292. The first-order valence-corrected chi connectivity index (χ1v) is 10.8. The molecule has 0 spiro atoms. The molecule has 2 heteroatoms. The fourth-order valence-electron chi connectivity index (χ4n) is 5.80. The number of rotatable bonds is 7. The highest BCUT2D eigenvalue weighted by Crippen LogP contribution is 2.60. The molecule has 0 radical (unpaired) electrons. The monoisotopic (exact) mass is 370 g/mol. The summed E-state index contributed by atoms with van der Waals surface area (Å²) in [6, 6.07) is 1.90. The summed E-state index contributed by atoms with van der Waals surface area (Å²) in [6.45, 7) is 13.5. The second-order valence-corrected chi connectivity index (χ2v) is 9.89. The summed E-state index contributed by atoms with van der Waals surface area (Å²) < 4.78 is 5.21. The number of hydrogen-bond acceptors (Lipinski definition) is 2. The third kappa shape index (κ3) is 4.11. The fraction of sp³-hybridized carbons (Fsp3) is 0.680. The van der Waals surface area contributed by atoms with Crippen molar-refractivity contribution >= 4 is 0 Å². The van der Waals surface area contributed by atoms with Crippen molar-refractivity contribution in [2.24, 2.45) is 22.7 Å². The first-order chi connectivity index (χ1) is 12.8. The molecule has 2 aliphatic carbocycles. The van der Waals surface area contributed by atoms with Gasteiger partial charge < -0.3 is 9.52 Å². The van der Waals surface area contributed by atoms with E-state index in [9.17, 15) is 5.11 Å². The van der Waals surface area contributed by atoms with Crippen LogP contribution in [0.3, 0.4) is 0 Å². The maximum atomic E-state index is 10.9. The molecule has 1 aromatic heterocycles. The van der Waals surface area contributed by atoms with Crippen molar-refractivity contribution in [3.05, 3.63) is 48.0 Å². The highest BCUT2D eigenvalue weighted by atomic mass is 16.3. The van der Waals surface area contributed by atoms with E-state index in [0.29, 0.717) is 17.3 Å². The van der Waals surface area contributed by atoms with E-state index in [0.717, 1.165) is 18.4 Å². The van der Waals surface area contributed by atoms with Gasteiger partial charge in [-0.25, -0.2) is 0 Å². The van der Waals surface area contributed by atoms with Crippen molar-refractivity contribution in [3.63, 3.8) is 0 Å². The lowest BCUT2D eigenvalue weighted by atomic mass is 9.50. The Balaban J connectivity index is 1.81. The molecule has 0 bridgehead atoms. The average Bonchev–Trinajstić information content (AvgIpc) is 3.13. The van der Waals surface area contributed by atoms with E-state index < -0.39 is 6.10 Å². The minimum absolute atomic E-state index is 0.0651. The molecule has 27 heavy (non-hydrogen) atoms. The number of hydrogen-bond donors (Lipinski definition) is 1. The maximum absolute atomic E-state index is 10.9. The molecule has 0 aliphatic heterocycles. The summed E-state index contributed by atoms with van der Waals surface area (Å²) in [5.74, 6) is 1.26. The van der Waals surface area contributed by atoms with E-state index in [2.05, 4.69) is 40.3 Å². The summed E-state index contributed by atoms with van der Waals surface area (Å²) in [4.78, 5) is 0. The van der Waals surface area contributed by atoms with Crippen LogP contribution in [0.2, 0.25) is 0 Å². The molecule has 1 aromatic rings. The molecule has 3 rings (SSSR count). The second-order valence-electron chi connectivity index (χ2n) is 9.89. The van der Waals surface area contributed by atoms with Crippen molar-refractivity contribution in [2.45, 2.75) is 85.2 Å². The Bertz CT molecular complexity index is 671. The number of furan rings is 1. The van der Waals surface area contributed by atoms with E-state index >= 15 is 0 Å². The SMILES string of the molecule is C=C(C)CCC[C@]1(C)CCC=C2[C@H]1CC[C@@H](C)[C@@]2(C)C[C@H](O)c1ccoc1. The minimum atomic E-state index is -0.451. The van der Waals surface area contributed by atoms with Crippen molar-refractivity contribution in [2.75, 3.05) is 0 Å². The van der Waals surface area contributed by atoms with Gasteiger partial charge in [-0.1, -0.05) is 38.0 Å². The number of aliphatic hydroxyl groups is 1. The predicted octanol–water partition coefficient (Wildman–Crippen LogP) is 7.23. The van der Waals surface area contributed by atoms with Gasteiger partial charge in [-0.2, -0.15) is 0 Å². The van der Waals surface area contributed by atoms with E-state index in [4.69, 9.17) is 4.42 Å². The van der Waals surface area contributed by atoms with Crippen molar-refractivity contribution < 1.29 is 9.52 Å². The predicted molar refractivity (Wildman–Crippen MR) is 112 cm³/mol. The highest BCUT2D eigenvalue weighted by molar-refractivity contribution is 5.27.